The number of hydrogen-bond acceptors (Lipinski definition) is 4. The average molecular weight is 311 g/mol. The number of rotatable bonds is 5. The van der Waals surface area contributed by atoms with Crippen molar-refractivity contribution >= 4 is 17.9 Å². The molecule has 2 heterocycles. The molecular weight excluding hydrogens is 297 g/mol. The van der Waals surface area contributed by atoms with Gasteiger partial charge in [0.15, 0.2) is 0 Å². The summed E-state index contributed by atoms with van der Waals surface area (Å²) in [5.41, 5.74) is 1.44. The molecule has 5 nitrogen and oxygen atoms in total. The van der Waals surface area contributed by atoms with Crippen molar-refractivity contribution in [2.75, 3.05) is 0 Å². The lowest BCUT2D eigenvalue weighted by Gasteiger charge is -2.28. The molecule has 0 spiro atoms. The number of carboxylic acid groups (broad SMARTS) is 1. The van der Waals surface area contributed by atoms with Crippen LogP contribution in [0.2, 0.25) is 0 Å². The summed E-state index contributed by atoms with van der Waals surface area (Å²) >= 11 is 0. The second-order valence-corrected chi connectivity index (χ2v) is 5.30. The van der Waals surface area contributed by atoms with Crippen molar-refractivity contribution in [3.63, 3.8) is 0 Å². The molecule has 1 aromatic heterocycles. The van der Waals surface area contributed by atoms with E-state index in [9.17, 15) is 9.18 Å². The van der Waals surface area contributed by atoms with E-state index in [-0.39, 0.29) is 12.2 Å². The molecule has 1 aliphatic heterocycles. The van der Waals surface area contributed by atoms with Gasteiger partial charge in [-0.2, -0.15) is 10.2 Å². The van der Waals surface area contributed by atoms with Crippen LogP contribution >= 0.6 is 0 Å². The fraction of sp³-hybridized carbons (Fsp3) is 0.176. The van der Waals surface area contributed by atoms with Crippen molar-refractivity contribution in [3.8, 4) is 0 Å². The smallest absolute Gasteiger partial charge is 0.303 e. The van der Waals surface area contributed by atoms with Gasteiger partial charge >= 0.3 is 5.97 Å². The topological polar surface area (TPSA) is 74.9 Å². The number of aliphatic carboxylic acids is 1. The van der Waals surface area contributed by atoms with Gasteiger partial charge in [0, 0.05) is 25.0 Å². The van der Waals surface area contributed by atoms with Crippen LogP contribution in [-0.4, -0.2) is 28.0 Å². The maximum Gasteiger partial charge on any atom is 0.303 e. The SMILES string of the molecule is O=C(O)CCC1(c2ccncc2)C=NN=C1c1ccc(F)cc1. The maximum atomic E-state index is 13.2. The highest BCUT2D eigenvalue weighted by Crippen LogP contribution is 2.35. The second kappa shape index (κ2) is 6.08. The van der Waals surface area contributed by atoms with Gasteiger partial charge in [-0.1, -0.05) is 12.1 Å². The van der Waals surface area contributed by atoms with Crippen LogP contribution in [-0.2, 0) is 10.2 Å². The van der Waals surface area contributed by atoms with E-state index in [4.69, 9.17) is 5.11 Å². The van der Waals surface area contributed by atoms with Gasteiger partial charge in [0.2, 0.25) is 0 Å². The van der Waals surface area contributed by atoms with Crippen LogP contribution in [0, 0.1) is 5.82 Å². The highest BCUT2D eigenvalue weighted by molar-refractivity contribution is 6.19. The van der Waals surface area contributed by atoms with Gasteiger partial charge in [-0.05, 0) is 41.8 Å². The summed E-state index contributed by atoms with van der Waals surface area (Å²) in [6.07, 6.45) is 5.23. The summed E-state index contributed by atoms with van der Waals surface area (Å²) in [7, 11) is 0. The molecule has 2 aromatic rings. The Bertz CT molecular complexity index is 772. The first-order valence-electron chi connectivity index (χ1n) is 7.13. The van der Waals surface area contributed by atoms with E-state index in [0.717, 1.165) is 5.56 Å². The summed E-state index contributed by atoms with van der Waals surface area (Å²) in [5, 5.41) is 17.3. The molecule has 1 atom stereocenters. The number of carboxylic acids is 1. The van der Waals surface area contributed by atoms with E-state index in [1.54, 1.807) is 30.7 Å². The standard InChI is InChI=1S/C17H14FN3O2/c18-14-3-1-12(2-4-14)16-17(11-20-21-16,8-5-15(22)23)13-6-9-19-10-7-13/h1-4,6-7,9-11H,5,8H2,(H,22,23). The van der Waals surface area contributed by atoms with Gasteiger partial charge < -0.3 is 5.11 Å². The largest absolute Gasteiger partial charge is 0.481 e. The van der Waals surface area contributed by atoms with Crippen LogP contribution in [0.4, 0.5) is 4.39 Å². The summed E-state index contributed by atoms with van der Waals surface area (Å²) in [6.45, 7) is 0. The van der Waals surface area contributed by atoms with Gasteiger partial charge in [-0.3, -0.25) is 9.78 Å². The maximum absolute atomic E-state index is 13.2. The first kappa shape index (κ1) is 15.0. The Hall–Kier alpha value is -2.89. The molecule has 1 aliphatic rings. The number of aromatic nitrogens is 1. The Kier molecular flexibility index (Phi) is 3.97. The molecule has 0 amide bonds. The molecule has 0 aliphatic carbocycles. The second-order valence-electron chi connectivity index (χ2n) is 5.30. The molecule has 0 fully saturated rings. The molecule has 116 valence electrons. The van der Waals surface area contributed by atoms with Gasteiger partial charge in [-0.25, -0.2) is 4.39 Å². The number of pyridine rings is 1. The highest BCUT2D eigenvalue weighted by atomic mass is 19.1. The minimum Gasteiger partial charge on any atom is -0.481 e. The Balaban J connectivity index is 2.07. The van der Waals surface area contributed by atoms with Crippen LogP contribution in [0.1, 0.15) is 24.0 Å². The molecule has 0 bridgehead atoms. The first-order valence-corrected chi connectivity index (χ1v) is 7.13. The quantitative estimate of drug-likeness (QED) is 0.922. The zero-order chi connectivity index (χ0) is 16.3. The third kappa shape index (κ3) is 2.88. The third-order valence-electron chi connectivity index (χ3n) is 3.90. The summed E-state index contributed by atoms with van der Waals surface area (Å²) in [4.78, 5) is 15.1. The number of benzene rings is 1. The van der Waals surface area contributed by atoms with Crippen LogP contribution in [0.5, 0.6) is 0 Å². The minimum atomic E-state index is -0.891. The van der Waals surface area contributed by atoms with Crippen molar-refractivity contribution in [1.82, 2.24) is 4.98 Å². The van der Waals surface area contributed by atoms with E-state index in [1.807, 2.05) is 12.1 Å². The molecular formula is C17H14FN3O2. The first-order chi connectivity index (χ1) is 11.1. The van der Waals surface area contributed by atoms with Gasteiger partial charge in [-0.15, -0.1) is 0 Å². The average Bonchev–Trinajstić information content (AvgIpc) is 3.00. The van der Waals surface area contributed by atoms with Gasteiger partial charge in [0.1, 0.15) is 5.82 Å². The number of hydrogen-bond donors (Lipinski definition) is 1. The molecule has 0 saturated heterocycles. The Morgan fingerprint density at radius 2 is 1.83 bits per heavy atom. The third-order valence-corrected chi connectivity index (χ3v) is 3.90. The van der Waals surface area contributed by atoms with E-state index in [1.165, 1.54) is 12.1 Å². The zero-order valence-corrected chi connectivity index (χ0v) is 12.2. The highest BCUT2D eigenvalue weighted by Gasteiger charge is 2.40. The monoisotopic (exact) mass is 311 g/mol. The van der Waals surface area contributed by atoms with Crippen molar-refractivity contribution in [3.05, 3.63) is 65.7 Å². The van der Waals surface area contributed by atoms with E-state index < -0.39 is 11.4 Å². The predicted molar refractivity (Wildman–Crippen MR) is 84.2 cm³/mol. The predicted octanol–water partition coefficient (Wildman–Crippen LogP) is 2.81. The molecule has 0 radical (unpaired) electrons. The minimum absolute atomic E-state index is 0.0332. The van der Waals surface area contributed by atoms with E-state index in [0.29, 0.717) is 17.7 Å². The molecule has 1 aromatic carbocycles. The van der Waals surface area contributed by atoms with Gasteiger partial charge in [0.05, 0.1) is 11.1 Å². The van der Waals surface area contributed by atoms with Crippen LogP contribution in [0.15, 0.2) is 59.0 Å². The van der Waals surface area contributed by atoms with E-state index >= 15 is 0 Å². The summed E-state index contributed by atoms with van der Waals surface area (Å²) < 4.78 is 13.2. The normalized spacial score (nSPS) is 19.6. The molecule has 3 rings (SSSR count). The Morgan fingerprint density at radius 3 is 2.48 bits per heavy atom. The summed E-state index contributed by atoms with van der Waals surface area (Å²) in [5.74, 6) is -1.23. The number of nitrogens with zero attached hydrogens (tertiary/aromatic N) is 3. The fourth-order valence-electron chi connectivity index (χ4n) is 2.75. The zero-order valence-electron chi connectivity index (χ0n) is 12.2. The molecule has 1 N–H and O–H groups in total. The molecule has 1 unspecified atom stereocenters. The number of halogens is 1. The Labute approximate surface area is 132 Å². The lowest BCUT2D eigenvalue weighted by molar-refractivity contribution is -0.137. The van der Waals surface area contributed by atoms with Crippen LogP contribution in [0.25, 0.3) is 0 Å². The molecule has 23 heavy (non-hydrogen) atoms. The van der Waals surface area contributed by atoms with E-state index in [2.05, 4.69) is 15.2 Å². The molecule has 0 saturated carbocycles. The molecule has 6 heteroatoms. The fourth-order valence-corrected chi connectivity index (χ4v) is 2.75. The lowest BCUT2D eigenvalue weighted by Crippen LogP contribution is -2.36. The van der Waals surface area contributed by atoms with Crippen molar-refractivity contribution in [1.29, 1.82) is 0 Å². The summed E-state index contributed by atoms with van der Waals surface area (Å²) in [6, 6.07) is 9.59. The van der Waals surface area contributed by atoms with Crippen molar-refractivity contribution < 1.29 is 14.3 Å². The van der Waals surface area contributed by atoms with Crippen molar-refractivity contribution in [2.24, 2.45) is 10.2 Å². The van der Waals surface area contributed by atoms with Gasteiger partial charge in [0.25, 0.3) is 0 Å². The van der Waals surface area contributed by atoms with Crippen molar-refractivity contribution in [2.45, 2.75) is 18.3 Å². The van der Waals surface area contributed by atoms with Crippen LogP contribution < -0.4 is 0 Å². The Morgan fingerprint density at radius 1 is 1.13 bits per heavy atom. The van der Waals surface area contributed by atoms with Crippen LogP contribution in [0.3, 0.4) is 0 Å². The lowest BCUT2D eigenvalue weighted by atomic mass is 9.72. The number of carbonyl (C=O) groups is 1.